The van der Waals surface area contributed by atoms with Gasteiger partial charge in [0.2, 0.25) is 5.91 Å². The fourth-order valence-corrected chi connectivity index (χ4v) is 5.38. The molecule has 4 rings (SSSR count). The van der Waals surface area contributed by atoms with Crippen LogP contribution in [0, 0.1) is 0 Å². The molecule has 164 valence electrons. The maximum atomic E-state index is 13.1. The van der Waals surface area contributed by atoms with Gasteiger partial charge in [0, 0.05) is 24.5 Å². The first-order valence-corrected chi connectivity index (χ1v) is 12.2. The molecule has 0 aliphatic heterocycles. The van der Waals surface area contributed by atoms with Crippen molar-refractivity contribution >= 4 is 39.2 Å². The molecule has 0 saturated carbocycles. The third-order valence-electron chi connectivity index (χ3n) is 5.46. The molecule has 0 spiro atoms. The molecule has 0 saturated heterocycles. The van der Waals surface area contributed by atoms with Gasteiger partial charge < -0.3 is 5.32 Å². The third-order valence-corrected chi connectivity index (χ3v) is 7.48. The summed E-state index contributed by atoms with van der Waals surface area (Å²) < 4.78 is 1.54. The van der Waals surface area contributed by atoms with Crippen LogP contribution in [-0.2, 0) is 11.8 Å². The number of aromatic nitrogens is 2. The summed E-state index contributed by atoms with van der Waals surface area (Å²) in [5.74, 6) is 0.155. The van der Waals surface area contributed by atoms with E-state index in [0.29, 0.717) is 21.9 Å². The smallest absolute Gasteiger partial charge is 0.263 e. The van der Waals surface area contributed by atoms with E-state index in [1.165, 1.54) is 28.7 Å². The van der Waals surface area contributed by atoms with Crippen LogP contribution < -0.4 is 10.9 Å². The molecule has 2 unspecified atom stereocenters. The Hall–Kier alpha value is -2.90. The number of hydrogen-bond donors (Lipinski definition) is 1. The van der Waals surface area contributed by atoms with Gasteiger partial charge in [-0.15, -0.1) is 11.3 Å². The van der Waals surface area contributed by atoms with E-state index in [9.17, 15) is 9.59 Å². The Morgan fingerprint density at radius 2 is 1.75 bits per heavy atom. The van der Waals surface area contributed by atoms with Crippen molar-refractivity contribution in [2.75, 3.05) is 6.54 Å². The molecule has 0 fully saturated rings. The van der Waals surface area contributed by atoms with Gasteiger partial charge >= 0.3 is 0 Å². The lowest BCUT2D eigenvalue weighted by molar-refractivity contribution is -0.120. The number of carbonyl (C=O) groups excluding carboxylic acids is 1. The molecule has 4 aromatic rings. The van der Waals surface area contributed by atoms with Crippen molar-refractivity contribution < 1.29 is 4.79 Å². The molecular formula is C25H25N3O2S2. The minimum atomic E-state index is -0.373. The van der Waals surface area contributed by atoms with Crippen molar-refractivity contribution in [1.82, 2.24) is 14.9 Å². The average Bonchev–Trinajstić information content (AvgIpc) is 3.25. The first-order valence-electron chi connectivity index (χ1n) is 10.5. The van der Waals surface area contributed by atoms with Gasteiger partial charge in [-0.2, -0.15) is 0 Å². The summed E-state index contributed by atoms with van der Waals surface area (Å²) in [6.07, 6.45) is 0. The Morgan fingerprint density at radius 1 is 1.09 bits per heavy atom. The zero-order valence-electron chi connectivity index (χ0n) is 18.2. The van der Waals surface area contributed by atoms with E-state index in [1.807, 2.05) is 60.8 Å². The zero-order chi connectivity index (χ0) is 22.7. The van der Waals surface area contributed by atoms with Gasteiger partial charge in [0.25, 0.3) is 5.56 Å². The van der Waals surface area contributed by atoms with Crippen LogP contribution >= 0.6 is 23.1 Å². The molecule has 0 aliphatic rings. The molecule has 2 aromatic heterocycles. The van der Waals surface area contributed by atoms with E-state index >= 15 is 0 Å². The van der Waals surface area contributed by atoms with Crippen molar-refractivity contribution in [2.24, 2.45) is 7.05 Å². The Labute approximate surface area is 195 Å². The fourth-order valence-electron chi connectivity index (χ4n) is 3.50. The Morgan fingerprint density at radius 3 is 2.44 bits per heavy atom. The van der Waals surface area contributed by atoms with E-state index in [0.717, 1.165) is 11.1 Å². The summed E-state index contributed by atoms with van der Waals surface area (Å²) >= 11 is 2.76. The molecule has 0 bridgehead atoms. The summed E-state index contributed by atoms with van der Waals surface area (Å²) in [5, 5.41) is 5.80. The number of thiophene rings is 1. The Bertz CT molecular complexity index is 1280. The van der Waals surface area contributed by atoms with E-state index in [1.54, 1.807) is 11.6 Å². The number of carbonyl (C=O) groups is 1. The van der Waals surface area contributed by atoms with Crippen LogP contribution in [0.15, 0.2) is 76.0 Å². The lowest BCUT2D eigenvalue weighted by atomic mass is 10.0. The van der Waals surface area contributed by atoms with Gasteiger partial charge in [0.05, 0.1) is 10.6 Å². The highest BCUT2D eigenvalue weighted by Gasteiger charge is 2.21. The van der Waals surface area contributed by atoms with Crippen molar-refractivity contribution in [3.05, 3.63) is 82.0 Å². The molecular weight excluding hydrogens is 438 g/mol. The van der Waals surface area contributed by atoms with Gasteiger partial charge in [0.15, 0.2) is 5.16 Å². The molecule has 2 aromatic carbocycles. The lowest BCUT2D eigenvalue weighted by Gasteiger charge is -2.16. The number of thioether (sulfide) groups is 1. The SMILES string of the molecule is CC(Sc1nc2scc(-c3ccccc3)c2c(=O)n1C)C(=O)NCC(C)c1ccccc1. The highest BCUT2D eigenvalue weighted by Crippen LogP contribution is 2.32. The van der Waals surface area contributed by atoms with Gasteiger partial charge in [-0.05, 0) is 24.0 Å². The molecule has 0 aliphatic carbocycles. The second-order valence-corrected chi connectivity index (χ2v) is 9.94. The van der Waals surface area contributed by atoms with Crippen molar-refractivity contribution in [3.63, 3.8) is 0 Å². The monoisotopic (exact) mass is 463 g/mol. The maximum Gasteiger partial charge on any atom is 0.263 e. The third kappa shape index (κ3) is 4.64. The highest BCUT2D eigenvalue weighted by molar-refractivity contribution is 8.00. The normalized spacial score (nSPS) is 13.1. The van der Waals surface area contributed by atoms with Crippen LogP contribution in [0.1, 0.15) is 25.3 Å². The van der Waals surface area contributed by atoms with E-state index in [-0.39, 0.29) is 22.6 Å². The number of nitrogens with zero attached hydrogens (tertiary/aromatic N) is 2. The van der Waals surface area contributed by atoms with E-state index in [4.69, 9.17) is 4.98 Å². The minimum absolute atomic E-state index is 0.0664. The van der Waals surface area contributed by atoms with Crippen LogP contribution in [0.3, 0.4) is 0 Å². The van der Waals surface area contributed by atoms with Crippen molar-refractivity contribution in [3.8, 4) is 11.1 Å². The summed E-state index contributed by atoms with van der Waals surface area (Å²) in [4.78, 5) is 31.2. The maximum absolute atomic E-state index is 13.1. The van der Waals surface area contributed by atoms with Crippen molar-refractivity contribution in [1.29, 1.82) is 0 Å². The van der Waals surface area contributed by atoms with Crippen molar-refractivity contribution in [2.45, 2.75) is 30.2 Å². The largest absolute Gasteiger partial charge is 0.355 e. The first kappa shape index (κ1) is 22.3. The standard InChI is InChI=1S/C25H25N3O2S2/c1-16(18-10-6-4-7-11-18)14-26-22(29)17(2)32-25-27-23-21(24(30)28(25)3)20(15-31-23)19-12-8-5-9-13-19/h4-13,15-17H,14H2,1-3H3,(H,26,29). The summed E-state index contributed by atoms with van der Waals surface area (Å²) in [7, 11) is 1.71. The molecule has 0 radical (unpaired) electrons. The summed E-state index contributed by atoms with van der Waals surface area (Å²) in [6.45, 7) is 4.49. The average molecular weight is 464 g/mol. The van der Waals surface area contributed by atoms with Crippen LogP contribution in [-0.4, -0.2) is 27.3 Å². The minimum Gasteiger partial charge on any atom is -0.355 e. The summed E-state index contributed by atoms with van der Waals surface area (Å²) in [5.41, 5.74) is 2.99. The first-order chi connectivity index (χ1) is 15.5. The fraction of sp³-hybridized carbons (Fsp3) is 0.240. The second-order valence-electron chi connectivity index (χ2n) is 7.77. The lowest BCUT2D eigenvalue weighted by Crippen LogP contribution is -2.34. The van der Waals surface area contributed by atoms with Gasteiger partial charge in [-0.3, -0.25) is 14.2 Å². The van der Waals surface area contributed by atoms with Gasteiger partial charge in [-0.1, -0.05) is 79.3 Å². The number of rotatable bonds is 7. The molecule has 5 nitrogen and oxygen atoms in total. The second kappa shape index (κ2) is 9.71. The van der Waals surface area contributed by atoms with Crippen LogP contribution in [0.2, 0.25) is 0 Å². The zero-order valence-corrected chi connectivity index (χ0v) is 19.9. The molecule has 2 atom stereocenters. The molecule has 1 N–H and O–H groups in total. The van der Waals surface area contributed by atoms with Crippen LogP contribution in [0.25, 0.3) is 21.3 Å². The topological polar surface area (TPSA) is 64.0 Å². The van der Waals surface area contributed by atoms with Crippen LogP contribution in [0.4, 0.5) is 0 Å². The van der Waals surface area contributed by atoms with Gasteiger partial charge in [0.1, 0.15) is 4.83 Å². The van der Waals surface area contributed by atoms with Gasteiger partial charge in [-0.25, -0.2) is 4.98 Å². The predicted molar refractivity (Wildman–Crippen MR) is 133 cm³/mol. The quantitative estimate of drug-likeness (QED) is 0.307. The Kier molecular flexibility index (Phi) is 6.77. The predicted octanol–water partition coefficient (Wildman–Crippen LogP) is 5.06. The Balaban J connectivity index is 1.49. The molecule has 1 amide bonds. The number of benzene rings is 2. The number of amides is 1. The van der Waals surface area contributed by atoms with Crippen LogP contribution in [0.5, 0.6) is 0 Å². The molecule has 2 heterocycles. The number of nitrogens with one attached hydrogen (secondary N) is 1. The summed E-state index contributed by atoms with van der Waals surface area (Å²) in [6, 6.07) is 20.0. The number of hydrogen-bond acceptors (Lipinski definition) is 5. The highest BCUT2D eigenvalue weighted by atomic mass is 32.2. The van der Waals surface area contributed by atoms with E-state index in [2.05, 4.69) is 24.4 Å². The van der Waals surface area contributed by atoms with E-state index < -0.39 is 0 Å². The molecule has 32 heavy (non-hydrogen) atoms. The molecule has 7 heteroatoms. The number of fused-ring (bicyclic) bond motifs is 1.